The summed E-state index contributed by atoms with van der Waals surface area (Å²) in [5.74, 6) is 0.0355. The van der Waals surface area contributed by atoms with Crippen molar-refractivity contribution in [1.29, 1.82) is 0 Å². The minimum absolute atomic E-state index is 0.0355. The molecule has 4 rings (SSSR count). The standard InChI is InChI=1S/C23H24N2OS/c26-23(20-8-6-19(7-9-20)21-12-15-27-17-21)24-22-10-13-25(14-11-22)16-18-4-2-1-3-5-18/h1-9,12,15,17,22H,10-11,13-14,16H2,(H,24,26). The SMILES string of the molecule is O=C(NC1CCN(Cc2ccccc2)CC1)c1ccc(-c2ccsc2)cc1. The second kappa shape index (κ2) is 8.51. The van der Waals surface area contributed by atoms with Crippen molar-refractivity contribution >= 4 is 17.2 Å². The van der Waals surface area contributed by atoms with E-state index >= 15 is 0 Å². The molecular weight excluding hydrogens is 352 g/mol. The Morgan fingerprint density at radius 3 is 2.37 bits per heavy atom. The van der Waals surface area contributed by atoms with Gasteiger partial charge in [-0.05, 0) is 58.5 Å². The molecule has 1 aromatic heterocycles. The molecule has 0 aliphatic carbocycles. The zero-order chi connectivity index (χ0) is 18.5. The number of thiophene rings is 1. The first-order chi connectivity index (χ1) is 13.3. The quantitative estimate of drug-likeness (QED) is 0.693. The average molecular weight is 377 g/mol. The van der Waals surface area contributed by atoms with Gasteiger partial charge in [-0.2, -0.15) is 11.3 Å². The van der Waals surface area contributed by atoms with Crippen LogP contribution < -0.4 is 5.32 Å². The molecule has 0 saturated carbocycles. The van der Waals surface area contributed by atoms with Crippen molar-refractivity contribution in [3.8, 4) is 11.1 Å². The van der Waals surface area contributed by atoms with Gasteiger partial charge in [-0.3, -0.25) is 9.69 Å². The Hall–Kier alpha value is -2.43. The molecule has 27 heavy (non-hydrogen) atoms. The lowest BCUT2D eigenvalue weighted by atomic mass is 10.0. The van der Waals surface area contributed by atoms with Crippen LogP contribution in [0.3, 0.4) is 0 Å². The van der Waals surface area contributed by atoms with Gasteiger partial charge in [0.1, 0.15) is 0 Å². The fourth-order valence-corrected chi connectivity index (χ4v) is 4.25. The highest BCUT2D eigenvalue weighted by Gasteiger charge is 2.21. The van der Waals surface area contributed by atoms with Crippen molar-refractivity contribution in [3.05, 3.63) is 82.6 Å². The first-order valence-corrected chi connectivity index (χ1v) is 10.4. The molecule has 1 N–H and O–H groups in total. The summed E-state index contributed by atoms with van der Waals surface area (Å²) in [6.45, 7) is 3.04. The van der Waals surface area contributed by atoms with Crippen LogP contribution in [0.5, 0.6) is 0 Å². The smallest absolute Gasteiger partial charge is 0.251 e. The molecule has 0 unspecified atom stereocenters. The zero-order valence-corrected chi connectivity index (χ0v) is 16.1. The minimum Gasteiger partial charge on any atom is -0.349 e. The Morgan fingerprint density at radius 2 is 1.70 bits per heavy atom. The van der Waals surface area contributed by atoms with Gasteiger partial charge in [-0.1, -0.05) is 42.5 Å². The lowest BCUT2D eigenvalue weighted by Crippen LogP contribution is -2.44. The third-order valence-corrected chi connectivity index (χ3v) is 5.86. The first-order valence-electron chi connectivity index (χ1n) is 9.48. The number of nitrogens with one attached hydrogen (secondary N) is 1. The second-order valence-electron chi connectivity index (χ2n) is 7.10. The lowest BCUT2D eigenvalue weighted by molar-refractivity contribution is 0.0909. The summed E-state index contributed by atoms with van der Waals surface area (Å²) in [5, 5.41) is 7.40. The fraction of sp³-hybridized carbons (Fsp3) is 0.261. The predicted octanol–water partition coefficient (Wildman–Crippen LogP) is 4.81. The Labute approximate surface area is 164 Å². The van der Waals surface area contributed by atoms with Gasteiger partial charge in [0, 0.05) is 31.2 Å². The summed E-state index contributed by atoms with van der Waals surface area (Å²) < 4.78 is 0. The summed E-state index contributed by atoms with van der Waals surface area (Å²) in [4.78, 5) is 15.0. The summed E-state index contributed by atoms with van der Waals surface area (Å²) in [5.41, 5.74) is 4.45. The molecule has 0 spiro atoms. The van der Waals surface area contributed by atoms with Crippen molar-refractivity contribution in [2.75, 3.05) is 13.1 Å². The summed E-state index contributed by atoms with van der Waals surface area (Å²) >= 11 is 1.69. The van der Waals surface area contributed by atoms with Gasteiger partial charge < -0.3 is 5.32 Å². The van der Waals surface area contributed by atoms with E-state index in [0.29, 0.717) is 0 Å². The predicted molar refractivity (Wildman–Crippen MR) is 112 cm³/mol. The van der Waals surface area contributed by atoms with Gasteiger partial charge in [0.15, 0.2) is 0 Å². The number of carbonyl (C=O) groups is 1. The van der Waals surface area contributed by atoms with Crippen molar-refractivity contribution in [3.63, 3.8) is 0 Å². The third-order valence-electron chi connectivity index (χ3n) is 5.17. The average Bonchev–Trinajstić information content (AvgIpc) is 3.25. The highest BCUT2D eigenvalue weighted by Crippen LogP contribution is 2.22. The molecule has 3 aromatic rings. The molecule has 3 nitrogen and oxygen atoms in total. The monoisotopic (exact) mass is 376 g/mol. The summed E-state index contributed by atoms with van der Waals surface area (Å²) in [7, 11) is 0. The van der Waals surface area contributed by atoms with E-state index in [0.717, 1.165) is 43.6 Å². The molecule has 1 saturated heterocycles. The number of carbonyl (C=O) groups excluding carboxylic acids is 1. The molecule has 0 bridgehead atoms. The summed E-state index contributed by atoms with van der Waals surface area (Å²) in [6, 6.07) is 20.8. The number of hydrogen-bond donors (Lipinski definition) is 1. The number of rotatable bonds is 5. The van der Waals surface area contributed by atoms with E-state index in [2.05, 4.69) is 57.4 Å². The van der Waals surface area contributed by atoms with Crippen molar-refractivity contribution in [2.24, 2.45) is 0 Å². The largest absolute Gasteiger partial charge is 0.349 e. The van der Waals surface area contributed by atoms with E-state index in [9.17, 15) is 4.79 Å². The topological polar surface area (TPSA) is 32.3 Å². The Bertz CT molecular complexity index is 851. The molecule has 4 heteroatoms. The zero-order valence-electron chi connectivity index (χ0n) is 15.3. The van der Waals surface area contributed by atoms with Crippen LogP contribution in [-0.2, 0) is 6.54 Å². The van der Waals surface area contributed by atoms with Crippen molar-refractivity contribution < 1.29 is 4.79 Å². The number of amides is 1. The van der Waals surface area contributed by atoms with E-state index in [1.807, 2.05) is 24.3 Å². The van der Waals surface area contributed by atoms with Gasteiger partial charge >= 0.3 is 0 Å². The molecule has 1 aliphatic heterocycles. The van der Waals surface area contributed by atoms with E-state index in [1.54, 1.807) is 11.3 Å². The maximum absolute atomic E-state index is 12.6. The van der Waals surface area contributed by atoms with E-state index in [-0.39, 0.29) is 11.9 Å². The molecule has 0 atom stereocenters. The highest BCUT2D eigenvalue weighted by molar-refractivity contribution is 7.08. The van der Waals surface area contributed by atoms with E-state index in [4.69, 9.17) is 0 Å². The molecule has 1 amide bonds. The van der Waals surface area contributed by atoms with Crippen molar-refractivity contribution in [1.82, 2.24) is 10.2 Å². The Balaban J connectivity index is 1.28. The maximum Gasteiger partial charge on any atom is 0.251 e. The number of nitrogens with zero attached hydrogens (tertiary/aromatic N) is 1. The maximum atomic E-state index is 12.6. The fourth-order valence-electron chi connectivity index (χ4n) is 3.59. The Kier molecular flexibility index (Phi) is 5.66. The minimum atomic E-state index is 0.0355. The van der Waals surface area contributed by atoms with Crippen LogP contribution in [0.4, 0.5) is 0 Å². The lowest BCUT2D eigenvalue weighted by Gasteiger charge is -2.32. The van der Waals surface area contributed by atoms with Gasteiger partial charge in [0.05, 0.1) is 0 Å². The van der Waals surface area contributed by atoms with Crippen LogP contribution in [0.2, 0.25) is 0 Å². The number of likely N-dealkylation sites (tertiary alicyclic amines) is 1. The van der Waals surface area contributed by atoms with Gasteiger partial charge in [0.2, 0.25) is 0 Å². The number of hydrogen-bond acceptors (Lipinski definition) is 3. The highest BCUT2D eigenvalue weighted by atomic mass is 32.1. The molecule has 2 aromatic carbocycles. The molecular formula is C23H24N2OS. The van der Waals surface area contributed by atoms with Gasteiger partial charge in [-0.15, -0.1) is 0 Å². The molecule has 2 heterocycles. The second-order valence-corrected chi connectivity index (χ2v) is 7.88. The Morgan fingerprint density at radius 1 is 0.963 bits per heavy atom. The number of benzene rings is 2. The van der Waals surface area contributed by atoms with E-state index in [1.165, 1.54) is 11.1 Å². The molecule has 0 radical (unpaired) electrons. The van der Waals surface area contributed by atoms with Crippen LogP contribution in [0.25, 0.3) is 11.1 Å². The summed E-state index contributed by atoms with van der Waals surface area (Å²) in [6.07, 6.45) is 2.01. The third kappa shape index (κ3) is 4.65. The van der Waals surface area contributed by atoms with Gasteiger partial charge in [0.25, 0.3) is 5.91 Å². The van der Waals surface area contributed by atoms with E-state index < -0.39 is 0 Å². The number of piperidine rings is 1. The van der Waals surface area contributed by atoms with Crippen LogP contribution >= 0.6 is 11.3 Å². The molecule has 138 valence electrons. The molecule has 1 aliphatic rings. The van der Waals surface area contributed by atoms with Crippen molar-refractivity contribution in [2.45, 2.75) is 25.4 Å². The van der Waals surface area contributed by atoms with Gasteiger partial charge in [-0.25, -0.2) is 0 Å². The normalized spacial score (nSPS) is 15.6. The molecule has 1 fully saturated rings. The van der Waals surface area contributed by atoms with Crippen LogP contribution in [0.15, 0.2) is 71.4 Å². The van der Waals surface area contributed by atoms with Crippen LogP contribution in [-0.4, -0.2) is 29.9 Å². The first kappa shape index (κ1) is 18.0. The van der Waals surface area contributed by atoms with Crippen LogP contribution in [0.1, 0.15) is 28.8 Å². The van der Waals surface area contributed by atoms with Crippen LogP contribution in [0, 0.1) is 0 Å².